The number of carbonyl (C=O) groups is 1. The molecular formula is C29H32F3N5O3S. The van der Waals surface area contributed by atoms with Crippen molar-refractivity contribution in [3.05, 3.63) is 76.4 Å². The number of carbonyl (C=O) groups excluding carboxylic acids is 1. The lowest BCUT2D eigenvalue weighted by atomic mass is 9.78. The maximum atomic E-state index is 14.2. The van der Waals surface area contributed by atoms with E-state index in [2.05, 4.69) is 22.4 Å². The molecule has 0 bridgehead atoms. The zero-order chi connectivity index (χ0) is 29.2. The fourth-order valence-corrected chi connectivity index (χ4v) is 8.25. The molecule has 6 rings (SSSR count). The summed E-state index contributed by atoms with van der Waals surface area (Å²) in [7, 11) is -1.41. The first-order valence-corrected chi connectivity index (χ1v) is 15.6. The Hall–Kier alpha value is -3.25. The molecule has 3 aliphatic rings. The van der Waals surface area contributed by atoms with Crippen LogP contribution in [0.15, 0.2) is 42.7 Å². The van der Waals surface area contributed by atoms with Gasteiger partial charge in [-0.3, -0.25) is 4.79 Å². The monoisotopic (exact) mass is 587 g/mol. The topological polar surface area (TPSA) is 97.2 Å². The summed E-state index contributed by atoms with van der Waals surface area (Å²) in [6.45, 7) is 2.10. The number of halogens is 3. The van der Waals surface area contributed by atoms with Crippen LogP contribution in [-0.4, -0.2) is 46.1 Å². The summed E-state index contributed by atoms with van der Waals surface area (Å²) in [4.78, 5) is 15.0. The smallest absolute Gasteiger partial charge is 0.320 e. The molecule has 3 aromatic rings. The van der Waals surface area contributed by atoms with E-state index in [4.69, 9.17) is 0 Å². The zero-order valence-corrected chi connectivity index (χ0v) is 23.7. The van der Waals surface area contributed by atoms with Crippen LogP contribution in [0.1, 0.15) is 77.0 Å². The predicted molar refractivity (Wildman–Crippen MR) is 147 cm³/mol. The maximum absolute atomic E-state index is 14.2. The molecule has 2 aliphatic heterocycles. The molecule has 0 unspecified atom stereocenters. The first kappa shape index (κ1) is 27.9. The van der Waals surface area contributed by atoms with E-state index in [9.17, 15) is 26.4 Å². The Morgan fingerprint density at radius 2 is 1.98 bits per heavy atom. The Kier molecular flexibility index (Phi) is 6.76. The van der Waals surface area contributed by atoms with Gasteiger partial charge < -0.3 is 14.8 Å². The average molecular weight is 588 g/mol. The number of nitrogens with zero attached hydrogens (tertiary/aromatic N) is 4. The van der Waals surface area contributed by atoms with Crippen LogP contribution in [0.5, 0.6) is 0 Å². The van der Waals surface area contributed by atoms with E-state index < -0.39 is 33.4 Å². The first-order valence-electron chi connectivity index (χ1n) is 13.8. The number of anilines is 1. The molecule has 41 heavy (non-hydrogen) atoms. The molecule has 2 atom stereocenters. The van der Waals surface area contributed by atoms with Crippen LogP contribution < -0.4 is 10.2 Å². The molecule has 0 radical (unpaired) electrons. The Labute approximate surface area is 236 Å². The van der Waals surface area contributed by atoms with Crippen molar-refractivity contribution in [2.24, 2.45) is 13.0 Å². The molecule has 1 amide bonds. The molecule has 0 spiro atoms. The van der Waals surface area contributed by atoms with Crippen LogP contribution >= 0.6 is 0 Å². The van der Waals surface area contributed by atoms with Crippen molar-refractivity contribution in [1.29, 1.82) is 0 Å². The summed E-state index contributed by atoms with van der Waals surface area (Å²) in [6, 6.07) is 9.78. The molecule has 12 heteroatoms. The third-order valence-electron chi connectivity index (χ3n) is 8.89. The predicted octanol–water partition coefficient (Wildman–Crippen LogP) is 4.59. The van der Waals surface area contributed by atoms with Gasteiger partial charge in [0.05, 0.1) is 23.6 Å². The molecule has 1 saturated heterocycles. The zero-order valence-electron chi connectivity index (χ0n) is 22.9. The lowest BCUT2D eigenvalue weighted by Crippen LogP contribution is -2.47. The summed E-state index contributed by atoms with van der Waals surface area (Å²) in [5, 5.41) is 11.6. The molecule has 8 nitrogen and oxygen atoms in total. The van der Waals surface area contributed by atoms with Crippen LogP contribution in [0.4, 0.5) is 18.9 Å². The maximum Gasteiger partial charge on any atom is 0.416 e. The highest BCUT2D eigenvalue weighted by Crippen LogP contribution is 2.42. The van der Waals surface area contributed by atoms with Gasteiger partial charge in [-0.25, -0.2) is 8.42 Å². The molecule has 218 valence electrons. The minimum Gasteiger partial charge on any atom is -0.320 e. The number of aryl methyl sites for hydroxylation is 1. The van der Waals surface area contributed by atoms with Crippen LogP contribution in [-0.2, 0) is 36.2 Å². The van der Waals surface area contributed by atoms with Gasteiger partial charge in [0.1, 0.15) is 12.2 Å². The van der Waals surface area contributed by atoms with Gasteiger partial charge in [-0.2, -0.15) is 13.2 Å². The van der Waals surface area contributed by atoms with Gasteiger partial charge in [0.2, 0.25) is 0 Å². The fraction of sp³-hybridized carbons (Fsp3) is 0.483. The number of rotatable bonds is 7. The van der Waals surface area contributed by atoms with Crippen molar-refractivity contribution in [2.75, 3.05) is 16.4 Å². The quantitative estimate of drug-likeness (QED) is 0.434. The second-order valence-electron chi connectivity index (χ2n) is 11.9. The summed E-state index contributed by atoms with van der Waals surface area (Å²) in [5.74, 6) is -0.449. The number of alkyl halides is 3. The van der Waals surface area contributed by atoms with Gasteiger partial charge in [0, 0.05) is 36.3 Å². The lowest BCUT2D eigenvalue weighted by Gasteiger charge is -2.39. The average Bonchev–Trinajstić information content (AvgIpc) is 3.58. The fourth-order valence-electron chi connectivity index (χ4n) is 6.41. The number of amides is 1. The van der Waals surface area contributed by atoms with Gasteiger partial charge in [-0.1, -0.05) is 12.1 Å². The van der Waals surface area contributed by atoms with E-state index in [0.29, 0.717) is 23.5 Å². The van der Waals surface area contributed by atoms with E-state index >= 15 is 0 Å². The molecule has 1 aromatic heterocycles. The Bertz CT molecular complexity index is 1610. The number of aromatic nitrogens is 3. The van der Waals surface area contributed by atoms with Crippen LogP contribution in [0.2, 0.25) is 0 Å². The SMILES string of the molecule is Cn1cnnc1[C@@H](c1cccc(N2Cc3c(cc(CNC4(C)CCC4)cc3C(F)(F)F)C2=O)c1)[C@@H]1CCS(=O)(=O)C1. The number of sulfone groups is 1. The van der Waals surface area contributed by atoms with Gasteiger partial charge in [-0.15, -0.1) is 10.2 Å². The van der Waals surface area contributed by atoms with Gasteiger partial charge in [-0.05, 0) is 79.5 Å². The van der Waals surface area contributed by atoms with Crippen molar-refractivity contribution in [2.45, 2.75) is 63.3 Å². The summed E-state index contributed by atoms with van der Waals surface area (Å²) in [5.41, 5.74) is 0.770. The van der Waals surface area contributed by atoms with Crippen molar-refractivity contribution >= 4 is 21.4 Å². The number of nitrogens with one attached hydrogen (secondary N) is 1. The van der Waals surface area contributed by atoms with Crippen molar-refractivity contribution in [3.8, 4) is 0 Å². The second-order valence-corrected chi connectivity index (χ2v) is 14.1. The highest BCUT2D eigenvalue weighted by molar-refractivity contribution is 7.91. The normalized spacial score (nSPS) is 22.0. The number of hydrogen-bond donors (Lipinski definition) is 1. The first-order chi connectivity index (χ1) is 19.3. The lowest BCUT2D eigenvalue weighted by molar-refractivity contribution is -0.138. The third kappa shape index (κ3) is 5.27. The molecule has 1 N–H and O–H groups in total. The van der Waals surface area contributed by atoms with E-state index in [-0.39, 0.29) is 47.2 Å². The minimum absolute atomic E-state index is 0.00758. The number of benzene rings is 2. The molecule has 1 saturated carbocycles. The molecule has 3 heterocycles. The van der Waals surface area contributed by atoms with E-state index in [1.807, 2.05) is 6.07 Å². The third-order valence-corrected chi connectivity index (χ3v) is 10.7. The van der Waals surface area contributed by atoms with Crippen molar-refractivity contribution in [1.82, 2.24) is 20.1 Å². The Morgan fingerprint density at radius 3 is 2.59 bits per heavy atom. The van der Waals surface area contributed by atoms with E-state index in [1.165, 1.54) is 4.90 Å². The highest BCUT2D eigenvalue weighted by Gasteiger charge is 2.42. The van der Waals surface area contributed by atoms with E-state index in [0.717, 1.165) is 30.9 Å². The molecule has 2 fully saturated rings. The summed E-state index contributed by atoms with van der Waals surface area (Å²) >= 11 is 0. The van der Waals surface area contributed by atoms with Crippen molar-refractivity contribution < 1.29 is 26.4 Å². The molecule has 2 aromatic carbocycles. The van der Waals surface area contributed by atoms with Crippen LogP contribution in [0.3, 0.4) is 0 Å². The van der Waals surface area contributed by atoms with Crippen molar-refractivity contribution in [3.63, 3.8) is 0 Å². The van der Waals surface area contributed by atoms with Gasteiger partial charge in [0.25, 0.3) is 5.91 Å². The Morgan fingerprint density at radius 1 is 1.20 bits per heavy atom. The molecular weight excluding hydrogens is 555 g/mol. The van der Waals surface area contributed by atoms with Crippen LogP contribution in [0, 0.1) is 5.92 Å². The standard InChI is InChI=1S/C29H32F3N5O3S/c1-28(8-4-9-28)33-14-18-11-22-23(24(12-18)29(30,31)32)15-37(27(22)38)21-6-3-5-19(13-21)25(26-35-34-17-36(26)2)20-7-10-41(39,40)16-20/h3,5-6,11-13,17,20,25,33H,4,7-10,14-16H2,1-2H3/t20-,25+/m1/s1. The van der Waals surface area contributed by atoms with Gasteiger partial charge in [0.15, 0.2) is 9.84 Å². The number of hydrogen-bond acceptors (Lipinski definition) is 6. The summed E-state index contributed by atoms with van der Waals surface area (Å²) < 4.78 is 69.1. The highest BCUT2D eigenvalue weighted by atomic mass is 32.2. The number of fused-ring (bicyclic) bond motifs is 1. The van der Waals surface area contributed by atoms with E-state index in [1.54, 1.807) is 42.2 Å². The summed E-state index contributed by atoms with van der Waals surface area (Å²) in [6.07, 6.45) is 0.422. The second kappa shape index (κ2) is 9.94. The van der Waals surface area contributed by atoms with Gasteiger partial charge >= 0.3 is 6.18 Å². The van der Waals surface area contributed by atoms with Crippen LogP contribution in [0.25, 0.3) is 0 Å². The molecule has 1 aliphatic carbocycles. The minimum atomic E-state index is -4.61. The Balaban J connectivity index is 1.34. The largest absolute Gasteiger partial charge is 0.416 e.